The van der Waals surface area contributed by atoms with Gasteiger partial charge < -0.3 is 10.0 Å². The quantitative estimate of drug-likeness (QED) is 0.942. The summed E-state index contributed by atoms with van der Waals surface area (Å²) in [5, 5.41) is 11.7. The Kier molecular flexibility index (Phi) is 4.09. The Labute approximate surface area is 121 Å². The first-order valence-electron chi connectivity index (χ1n) is 6.36. The first-order chi connectivity index (χ1) is 9.40. The van der Waals surface area contributed by atoms with E-state index < -0.39 is 11.9 Å². The van der Waals surface area contributed by atoms with Gasteiger partial charge in [0, 0.05) is 29.1 Å². The molecular formula is C15H17NO3S. The van der Waals surface area contributed by atoms with Crippen LogP contribution in [-0.4, -0.2) is 35.5 Å². The van der Waals surface area contributed by atoms with Crippen LogP contribution in [0.4, 0.5) is 0 Å². The fourth-order valence-electron chi connectivity index (χ4n) is 2.08. The zero-order chi connectivity index (χ0) is 14.9. The highest BCUT2D eigenvalue weighted by Gasteiger charge is 2.20. The van der Waals surface area contributed by atoms with E-state index in [1.165, 1.54) is 16.2 Å². The van der Waals surface area contributed by atoms with E-state index in [2.05, 4.69) is 6.07 Å². The number of aryl methyl sites for hydroxylation is 1. The van der Waals surface area contributed by atoms with E-state index in [1.54, 1.807) is 14.0 Å². The van der Waals surface area contributed by atoms with Gasteiger partial charge in [-0.25, -0.2) is 0 Å². The summed E-state index contributed by atoms with van der Waals surface area (Å²) in [6.07, 6.45) is 0. The average molecular weight is 291 g/mol. The number of rotatable bonds is 4. The summed E-state index contributed by atoms with van der Waals surface area (Å²) in [5.74, 6) is -1.60. The number of thiophene rings is 1. The Morgan fingerprint density at radius 2 is 2.10 bits per heavy atom. The summed E-state index contributed by atoms with van der Waals surface area (Å²) in [4.78, 5) is 24.7. The van der Waals surface area contributed by atoms with Gasteiger partial charge in [0.05, 0.1) is 11.5 Å². The largest absolute Gasteiger partial charge is 0.481 e. The van der Waals surface area contributed by atoms with Crippen LogP contribution >= 0.6 is 11.3 Å². The number of carboxylic acids is 1. The lowest BCUT2D eigenvalue weighted by molar-refractivity contribution is -0.141. The second kappa shape index (κ2) is 5.63. The standard InChI is InChI=1S/C15H17NO3S/c1-9-4-5-11-12(8-20-13(11)6-9)14(17)16(3)7-10(2)15(18)19/h4-6,8,10H,7H2,1-3H3,(H,18,19). The number of amides is 1. The summed E-state index contributed by atoms with van der Waals surface area (Å²) in [5.41, 5.74) is 1.80. The van der Waals surface area contributed by atoms with Crippen LogP contribution < -0.4 is 0 Å². The molecule has 1 heterocycles. The molecule has 1 aromatic carbocycles. The Hall–Kier alpha value is -1.88. The molecule has 5 heteroatoms. The van der Waals surface area contributed by atoms with Gasteiger partial charge in [-0.05, 0) is 18.6 Å². The predicted molar refractivity (Wildman–Crippen MR) is 80.3 cm³/mol. The van der Waals surface area contributed by atoms with E-state index in [-0.39, 0.29) is 12.5 Å². The van der Waals surface area contributed by atoms with Crippen molar-refractivity contribution in [3.63, 3.8) is 0 Å². The van der Waals surface area contributed by atoms with E-state index in [4.69, 9.17) is 5.11 Å². The summed E-state index contributed by atoms with van der Waals surface area (Å²) >= 11 is 1.54. The minimum Gasteiger partial charge on any atom is -0.481 e. The number of benzene rings is 1. The molecule has 0 bridgehead atoms. The SMILES string of the molecule is Cc1ccc2c(C(=O)N(C)CC(C)C(=O)O)csc2c1. The van der Waals surface area contributed by atoms with Crippen LogP contribution in [0.25, 0.3) is 10.1 Å². The molecule has 0 aliphatic rings. The molecule has 1 amide bonds. The van der Waals surface area contributed by atoms with Crippen LogP contribution in [0.5, 0.6) is 0 Å². The average Bonchev–Trinajstić information content (AvgIpc) is 2.80. The lowest BCUT2D eigenvalue weighted by Gasteiger charge is -2.19. The fraction of sp³-hybridized carbons (Fsp3) is 0.333. The van der Waals surface area contributed by atoms with Gasteiger partial charge in [0.1, 0.15) is 0 Å². The van der Waals surface area contributed by atoms with Gasteiger partial charge in [0.25, 0.3) is 5.91 Å². The second-order valence-electron chi connectivity index (χ2n) is 5.07. The lowest BCUT2D eigenvalue weighted by Crippen LogP contribution is -2.33. The molecule has 1 N–H and O–H groups in total. The van der Waals surface area contributed by atoms with Gasteiger partial charge in [-0.1, -0.05) is 19.1 Å². The third kappa shape index (κ3) is 2.82. The van der Waals surface area contributed by atoms with Crippen LogP contribution in [0.1, 0.15) is 22.8 Å². The van der Waals surface area contributed by atoms with Gasteiger partial charge in [0.15, 0.2) is 0 Å². The van der Waals surface area contributed by atoms with Gasteiger partial charge in [-0.3, -0.25) is 9.59 Å². The van der Waals surface area contributed by atoms with E-state index in [9.17, 15) is 9.59 Å². The molecule has 1 unspecified atom stereocenters. The smallest absolute Gasteiger partial charge is 0.308 e. The maximum absolute atomic E-state index is 12.4. The lowest BCUT2D eigenvalue weighted by atomic mass is 10.1. The van der Waals surface area contributed by atoms with Gasteiger partial charge in [-0.2, -0.15) is 0 Å². The molecule has 2 aromatic rings. The van der Waals surface area contributed by atoms with E-state index >= 15 is 0 Å². The third-order valence-corrected chi connectivity index (χ3v) is 4.22. The van der Waals surface area contributed by atoms with Crippen molar-refractivity contribution >= 4 is 33.3 Å². The zero-order valence-corrected chi connectivity index (χ0v) is 12.5. The first kappa shape index (κ1) is 14.5. The number of aliphatic carboxylic acids is 1. The first-order valence-corrected chi connectivity index (χ1v) is 7.24. The number of nitrogens with zero attached hydrogens (tertiary/aromatic N) is 1. The molecule has 0 saturated heterocycles. The highest BCUT2D eigenvalue weighted by Crippen LogP contribution is 2.27. The minimum atomic E-state index is -0.893. The van der Waals surface area contributed by atoms with Crippen molar-refractivity contribution in [3.8, 4) is 0 Å². The highest BCUT2D eigenvalue weighted by molar-refractivity contribution is 7.17. The molecule has 0 spiro atoms. The van der Waals surface area contributed by atoms with E-state index in [1.807, 2.05) is 24.4 Å². The molecule has 106 valence electrons. The normalized spacial score (nSPS) is 12.3. The van der Waals surface area contributed by atoms with Crippen molar-refractivity contribution in [1.29, 1.82) is 0 Å². The van der Waals surface area contributed by atoms with E-state index in [0.717, 1.165) is 15.6 Å². The molecule has 1 aromatic heterocycles. The number of hydrogen-bond donors (Lipinski definition) is 1. The topological polar surface area (TPSA) is 57.6 Å². The van der Waals surface area contributed by atoms with Crippen molar-refractivity contribution < 1.29 is 14.7 Å². The molecule has 0 radical (unpaired) electrons. The maximum atomic E-state index is 12.4. The van der Waals surface area contributed by atoms with Crippen LogP contribution in [0.2, 0.25) is 0 Å². The molecule has 4 nitrogen and oxygen atoms in total. The molecular weight excluding hydrogens is 274 g/mol. The third-order valence-electron chi connectivity index (χ3n) is 3.28. The highest BCUT2D eigenvalue weighted by atomic mass is 32.1. The van der Waals surface area contributed by atoms with Crippen LogP contribution in [-0.2, 0) is 4.79 Å². The zero-order valence-electron chi connectivity index (χ0n) is 11.7. The van der Waals surface area contributed by atoms with Crippen molar-refractivity contribution in [2.24, 2.45) is 5.92 Å². The Morgan fingerprint density at radius 3 is 2.75 bits per heavy atom. The van der Waals surface area contributed by atoms with Gasteiger partial charge in [-0.15, -0.1) is 11.3 Å². The Bertz CT molecular complexity index is 662. The number of carbonyl (C=O) groups is 2. The summed E-state index contributed by atoms with van der Waals surface area (Å²) < 4.78 is 1.08. The summed E-state index contributed by atoms with van der Waals surface area (Å²) in [6.45, 7) is 3.82. The Balaban J connectivity index is 2.25. The molecule has 1 atom stereocenters. The minimum absolute atomic E-state index is 0.131. The van der Waals surface area contributed by atoms with Crippen molar-refractivity contribution in [3.05, 3.63) is 34.7 Å². The maximum Gasteiger partial charge on any atom is 0.308 e. The van der Waals surface area contributed by atoms with Crippen LogP contribution in [0.15, 0.2) is 23.6 Å². The second-order valence-corrected chi connectivity index (χ2v) is 5.99. The number of carboxylic acid groups (broad SMARTS) is 1. The van der Waals surface area contributed by atoms with Crippen molar-refractivity contribution in [2.45, 2.75) is 13.8 Å². The monoisotopic (exact) mass is 291 g/mol. The molecule has 20 heavy (non-hydrogen) atoms. The number of carbonyl (C=O) groups excluding carboxylic acids is 1. The van der Waals surface area contributed by atoms with E-state index in [0.29, 0.717) is 5.56 Å². The van der Waals surface area contributed by atoms with Gasteiger partial charge >= 0.3 is 5.97 Å². The Morgan fingerprint density at radius 1 is 1.40 bits per heavy atom. The molecule has 0 aliphatic carbocycles. The molecule has 0 fully saturated rings. The molecule has 0 saturated carbocycles. The number of fused-ring (bicyclic) bond motifs is 1. The summed E-state index contributed by atoms with van der Waals surface area (Å²) in [7, 11) is 1.64. The van der Waals surface area contributed by atoms with Crippen molar-refractivity contribution in [1.82, 2.24) is 4.90 Å². The number of hydrogen-bond acceptors (Lipinski definition) is 3. The predicted octanol–water partition coefficient (Wildman–Crippen LogP) is 3.00. The van der Waals surface area contributed by atoms with Crippen LogP contribution in [0.3, 0.4) is 0 Å². The molecule has 0 aliphatic heterocycles. The molecule has 2 rings (SSSR count). The van der Waals surface area contributed by atoms with Crippen LogP contribution in [0, 0.1) is 12.8 Å². The fourth-order valence-corrected chi connectivity index (χ4v) is 3.11. The van der Waals surface area contributed by atoms with Gasteiger partial charge in [0.2, 0.25) is 0 Å². The van der Waals surface area contributed by atoms with Crippen molar-refractivity contribution in [2.75, 3.05) is 13.6 Å². The summed E-state index contributed by atoms with van der Waals surface area (Å²) in [6, 6.07) is 5.98.